The normalized spacial score (nSPS) is 21.7. The van der Waals surface area contributed by atoms with Crippen molar-refractivity contribution in [2.75, 3.05) is 31.1 Å². The first-order valence-corrected chi connectivity index (χ1v) is 10.0. The molecule has 0 saturated carbocycles. The highest BCUT2D eigenvalue weighted by molar-refractivity contribution is 6.05. The Bertz CT molecular complexity index is 770. The van der Waals surface area contributed by atoms with Gasteiger partial charge in [-0.15, -0.1) is 0 Å². The molecular weight excluding hydrogens is 326 g/mol. The van der Waals surface area contributed by atoms with Gasteiger partial charge in [0.1, 0.15) is 11.5 Å². The molecule has 0 aliphatic carbocycles. The molecule has 2 aliphatic rings. The summed E-state index contributed by atoms with van der Waals surface area (Å²) < 4.78 is 1.77. The predicted molar refractivity (Wildman–Crippen MR) is 104 cm³/mol. The number of carbonyl (C=O) groups is 1. The lowest BCUT2D eigenvalue weighted by Gasteiger charge is -2.21. The van der Waals surface area contributed by atoms with Crippen LogP contribution in [0.2, 0.25) is 0 Å². The van der Waals surface area contributed by atoms with Gasteiger partial charge in [0.25, 0.3) is 0 Å². The second kappa shape index (κ2) is 7.74. The third kappa shape index (κ3) is 3.61. The number of carbonyl (C=O) groups excluding carboxylic acids is 1. The van der Waals surface area contributed by atoms with Gasteiger partial charge in [0.15, 0.2) is 11.4 Å². The van der Waals surface area contributed by atoms with Gasteiger partial charge in [0.2, 0.25) is 0 Å². The maximum atomic E-state index is 12.8. The summed E-state index contributed by atoms with van der Waals surface area (Å²) in [5.41, 5.74) is 1.40. The fourth-order valence-corrected chi connectivity index (χ4v) is 4.26. The van der Waals surface area contributed by atoms with E-state index >= 15 is 0 Å². The van der Waals surface area contributed by atoms with Crippen LogP contribution in [-0.2, 0) is 7.05 Å². The lowest BCUT2D eigenvalue weighted by atomic mass is 9.93. The number of aromatic nitrogens is 3. The zero-order chi connectivity index (χ0) is 17.9. The third-order valence-corrected chi connectivity index (χ3v) is 5.74. The van der Waals surface area contributed by atoms with Gasteiger partial charge in [-0.05, 0) is 56.8 Å². The van der Waals surface area contributed by atoms with Crippen molar-refractivity contribution >= 4 is 22.6 Å². The Morgan fingerprint density at radius 2 is 2.00 bits per heavy atom. The molecule has 2 fully saturated rings. The smallest absolute Gasteiger partial charge is 0.184 e. The zero-order valence-corrected chi connectivity index (χ0v) is 15.7. The molecule has 4 rings (SSSR count). The van der Waals surface area contributed by atoms with Crippen molar-refractivity contribution in [1.29, 1.82) is 0 Å². The lowest BCUT2D eigenvalue weighted by Crippen LogP contribution is -2.31. The molecule has 0 amide bonds. The molecule has 2 saturated heterocycles. The number of anilines is 1. The minimum absolute atomic E-state index is 0.147. The summed E-state index contributed by atoms with van der Waals surface area (Å²) in [4.78, 5) is 20.1. The molecule has 26 heavy (non-hydrogen) atoms. The zero-order valence-electron chi connectivity index (χ0n) is 15.7. The predicted octanol–water partition coefficient (Wildman–Crippen LogP) is 2.92. The molecule has 6 heteroatoms. The van der Waals surface area contributed by atoms with E-state index in [4.69, 9.17) is 4.98 Å². The van der Waals surface area contributed by atoms with E-state index in [0.717, 1.165) is 55.9 Å². The Labute approximate surface area is 155 Å². The Kier molecular flexibility index (Phi) is 5.20. The SMILES string of the molecule is Cn1nc(C(=O)CC2CCCNC2)c2ccc(N3CCCCCC3)nc21. The van der Waals surface area contributed by atoms with E-state index in [1.165, 1.54) is 25.7 Å². The van der Waals surface area contributed by atoms with Crippen LogP contribution in [-0.4, -0.2) is 46.7 Å². The largest absolute Gasteiger partial charge is 0.357 e. The Hall–Kier alpha value is -1.95. The summed E-state index contributed by atoms with van der Waals surface area (Å²) in [5, 5.41) is 8.80. The molecule has 2 aliphatic heterocycles. The number of piperidine rings is 1. The number of pyridine rings is 1. The molecule has 0 aromatic carbocycles. The molecule has 0 radical (unpaired) electrons. The summed E-state index contributed by atoms with van der Waals surface area (Å²) in [6.07, 6.45) is 7.92. The van der Waals surface area contributed by atoms with Crippen LogP contribution in [0.5, 0.6) is 0 Å². The number of nitrogens with zero attached hydrogens (tertiary/aromatic N) is 4. The number of fused-ring (bicyclic) bond motifs is 1. The van der Waals surface area contributed by atoms with Crippen LogP contribution in [0, 0.1) is 5.92 Å². The second-order valence-electron chi connectivity index (χ2n) is 7.75. The molecule has 4 heterocycles. The second-order valence-corrected chi connectivity index (χ2v) is 7.75. The van der Waals surface area contributed by atoms with E-state index in [0.29, 0.717) is 18.0 Å². The number of hydrogen-bond acceptors (Lipinski definition) is 5. The summed E-state index contributed by atoms with van der Waals surface area (Å²) in [7, 11) is 1.89. The van der Waals surface area contributed by atoms with Gasteiger partial charge in [0.05, 0.1) is 5.39 Å². The van der Waals surface area contributed by atoms with Gasteiger partial charge in [-0.1, -0.05) is 12.8 Å². The van der Waals surface area contributed by atoms with Crippen molar-refractivity contribution in [3.05, 3.63) is 17.8 Å². The van der Waals surface area contributed by atoms with Gasteiger partial charge in [0, 0.05) is 26.6 Å². The third-order valence-electron chi connectivity index (χ3n) is 5.74. The molecule has 6 nitrogen and oxygen atoms in total. The van der Waals surface area contributed by atoms with Crippen LogP contribution in [0.1, 0.15) is 55.4 Å². The summed E-state index contributed by atoms with van der Waals surface area (Å²) in [6.45, 7) is 4.14. The van der Waals surface area contributed by atoms with E-state index in [2.05, 4.69) is 21.4 Å². The summed E-state index contributed by atoms with van der Waals surface area (Å²) in [5.74, 6) is 1.59. The van der Waals surface area contributed by atoms with E-state index < -0.39 is 0 Å². The quantitative estimate of drug-likeness (QED) is 0.855. The summed E-state index contributed by atoms with van der Waals surface area (Å²) >= 11 is 0. The van der Waals surface area contributed by atoms with Crippen LogP contribution >= 0.6 is 0 Å². The highest BCUT2D eigenvalue weighted by Crippen LogP contribution is 2.25. The minimum atomic E-state index is 0.147. The molecule has 0 bridgehead atoms. The van der Waals surface area contributed by atoms with E-state index in [-0.39, 0.29) is 5.78 Å². The molecule has 0 spiro atoms. The average Bonchev–Trinajstić information content (AvgIpc) is 2.84. The monoisotopic (exact) mass is 355 g/mol. The van der Waals surface area contributed by atoms with Crippen LogP contribution in [0.3, 0.4) is 0 Å². The topological polar surface area (TPSA) is 63.1 Å². The highest BCUT2D eigenvalue weighted by atomic mass is 16.1. The van der Waals surface area contributed by atoms with Gasteiger partial charge < -0.3 is 10.2 Å². The number of rotatable bonds is 4. The summed E-state index contributed by atoms with van der Waals surface area (Å²) in [6, 6.07) is 4.11. The number of hydrogen-bond donors (Lipinski definition) is 1. The van der Waals surface area contributed by atoms with Gasteiger partial charge in [-0.2, -0.15) is 5.10 Å². The Balaban J connectivity index is 1.57. The fourth-order valence-electron chi connectivity index (χ4n) is 4.26. The average molecular weight is 355 g/mol. The van der Waals surface area contributed by atoms with Crippen molar-refractivity contribution in [3.8, 4) is 0 Å². The van der Waals surface area contributed by atoms with Crippen molar-refractivity contribution in [1.82, 2.24) is 20.1 Å². The minimum Gasteiger partial charge on any atom is -0.357 e. The van der Waals surface area contributed by atoms with Crippen LogP contribution in [0.15, 0.2) is 12.1 Å². The first-order valence-electron chi connectivity index (χ1n) is 10.0. The molecule has 2 aromatic rings. The van der Waals surface area contributed by atoms with E-state index in [1.807, 2.05) is 13.1 Å². The van der Waals surface area contributed by atoms with E-state index in [9.17, 15) is 4.79 Å². The Morgan fingerprint density at radius 3 is 2.73 bits per heavy atom. The van der Waals surface area contributed by atoms with Gasteiger partial charge in [-0.3, -0.25) is 4.79 Å². The van der Waals surface area contributed by atoms with Crippen molar-refractivity contribution in [2.24, 2.45) is 13.0 Å². The van der Waals surface area contributed by atoms with Crippen LogP contribution in [0.4, 0.5) is 5.82 Å². The lowest BCUT2D eigenvalue weighted by molar-refractivity contribution is 0.0949. The van der Waals surface area contributed by atoms with Crippen LogP contribution in [0.25, 0.3) is 11.0 Å². The van der Waals surface area contributed by atoms with Gasteiger partial charge >= 0.3 is 0 Å². The number of aryl methyl sites for hydroxylation is 1. The molecule has 1 N–H and O–H groups in total. The van der Waals surface area contributed by atoms with Crippen molar-refractivity contribution in [3.63, 3.8) is 0 Å². The standard InChI is InChI=1S/C20H29N5O/c1-24-20-16(8-9-18(22-20)25-11-4-2-3-5-12-25)19(23-24)17(26)13-15-7-6-10-21-14-15/h8-9,15,21H,2-7,10-14H2,1H3. The number of nitrogens with one attached hydrogen (secondary N) is 1. The first kappa shape index (κ1) is 17.5. The highest BCUT2D eigenvalue weighted by Gasteiger charge is 2.23. The maximum Gasteiger partial charge on any atom is 0.184 e. The molecular formula is C20H29N5O. The molecule has 1 atom stereocenters. The van der Waals surface area contributed by atoms with Crippen molar-refractivity contribution in [2.45, 2.75) is 44.9 Å². The maximum absolute atomic E-state index is 12.8. The molecule has 2 aromatic heterocycles. The number of ketones is 1. The Morgan fingerprint density at radius 1 is 1.19 bits per heavy atom. The van der Waals surface area contributed by atoms with Crippen molar-refractivity contribution < 1.29 is 4.79 Å². The number of Topliss-reactive ketones (excluding diaryl/α,β-unsaturated/α-hetero) is 1. The fraction of sp³-hybridized carbons (Fsp3) is 0.650. The van der Waals surface area contributed by atoms with E-state index in [1.54, 1.807) is 4.68 Å². The molecule has 140 valence electrons. The molecule has 1 unspecified atom stereocenters. The van der Waals surface area contributed by atoms with Gasteiger partial charge in [-0.25, -0.2) is 9.67 Å². The van der Waals surface area contributed by atoms with Crippen LogP contribution < -0.4 is 10.2 Å². The first-order chi connectivity index (χ1) is 12.7.